The van der Waals surface area contributed by atoms with E-state index in [0.29, 0.717) is 32.1 Å². The van der Waals surface area contributed by atoms with E-state index in [9.17, 15) is 19.8 Å². The summed E-state index contributed by atoms with van der Waals surface area (Å²) in [4.78, 5) is 24.7. The maximum absolute atomic E-state index is 12.6. The maximum atomic E-state index is 12.6. The van der Waals surface area contributed by atoms with Gasteiger partial charge in [0.1, 0.15) is 5.76 Å². The number of carbonyl (C=O) groups is 2. The van der Waals surface area contributed by atoms with Gasteiger partial charge in [0, 0.05) is 6.42 Å². The average Bonchev–Trinajstić information content (AvgIpc) is 3.03. The molecule has 0 aliphatic heterocycles. The standard InChI is InChI=1S/C20H26O5/c1-11-12-4-5-16-19(2,17(21)22)7-3-8-20(16,18(23)24)14(12)10-15-13(11)6-9-25-15/h6,9,11-12,14,16H,3-5,7-8,10H2,1-2H3,(H,21,22)(H,23,24). The zero-order valence-electron chi connectivity index (χ0n) is 14.8. The van der Waals surface area contributed by atoms with Crippen LogP contribution in [0.25, 0.3) is 0 Å². The van der Waals surface area contributed by atoms with E-state index in [1.807, 2.05) is 6.07 Å². The molecule has 0 spiro atoms. The molecule has 1 aromatic rings. The summed E-state index contributed by atoms with van der Waals surface area (Å²) >= 11 is 0. The lowest BCUT2D eigenvalue weighted by Crippen LogP contribution is -2.61. The fraction of sp³-hybridized carbons (Fsp3) is 0.700. The summed E-state index contributed by atoms with van der Waals surface area (Å²) in [6, 6.07) is 2.01. The molecule has 0 bridgehead atoms. The monoisotopic (exact) mass is 346 g/mol. The summed E-state index contributed by atoms with van der Waals surface area (Å²) in [5.41, 5.74) is -0.696. The summed E-state index contributed by atoms with van der Waals surface area (Å²) in [5.74, 6) is -0.551. The molecule has 136 valence electrons. The molecule has 0 aromatic carbocycles. The highest BCUT2D eigenvalue weighted by Gasteiger charge is 2.66. The SMILES string of the molecule is CC1c2ccoc2CC2C1CCC1C(C)(C(=O)O)CCCC21C(=O)O. The van der Waals surface area contributed by atoms with Crippen LogP contribution in [0.2, 0.25) is 0 Å². The fourth-order valence-electron chi connectivity index (χ4n) is 6.58. The Morgan fingerprint density at radius 2 is 1.96 bits per heavy atom. The highest BCUT2D eigenvalue weighted by molar-refractivity contribution is 5.81. The van der Waals surface area contributed by atoms with Crippen molar-refractivity contribution in [2.45, 2.75) is 58.3 Å². The molecular formula is C20H26O5. The Labute approximate surface area is 147 Å². The van der Waals surface area contributed by atoms with E-state index in [1.54, 1.807) is 13.2 Å². The molecule has 3 aliphatic carbocycles. The maximum Gasteiger partial charge on any atom is 0.310 e. The minimum Gasteiger partial charge on any atom is -0.481 e. The Morgan fingerprint density at radius 3 is 2.64 bits per heavy atom. The minimum atomic E-state index is -0.951. The largest absolute Gasteiger partial charge is 0.481 e. The third-order valence-corrected chi connectivity index (χ3v) is 7.85. The van der Waals surface area contributed by atoms with Gasteiger partial charge in [0.05, 0.1) is 17.1 Å². The Balaban J connectivity index is 1.84. The molecule has 1 aromatic heterocycles. The van der Waals surface area contributed by atoms with Crippen molar-refractivity contribution in [1.29, 1.82) is 0 Å². The minimum absolute atomic E-state index is 0.0450. The lowest BCUT2D eigenvalue weighted by Gasteiger charge is -2.59. The van der Waals surface area contributed by atoms with Crippen LogP contribution in [0.4, 0.5) is 0 Å². The molecule has 0 amide bonds. The van der Waals surface area contributed by atoms with Crippen LogP contribution in [0.15, 0.2) is 16.7 Å². The van der Waals surface area contributed by atoms with Crippen molar-refractivity contribution >= 4 is 11.9 Å². The Bertz CT molecular complexity index is 721. The zero-order chi connectivity index (χ0) is 18.0. The molecule has 2 saturated carbocycles. The van der Waals surface area contributed by atoms with Gasteiger partial charge < -0.3 is 14.6 Å². The van der Waals surface area contributed by atoms with Gasteiger partial charge in [0.25, 0.3) is 0 Å². The van der Waals surface area contributed by atoms with Gasteiger partial charge in [0.2, 0.25) is 0 Å². The van der Waals surface area contributed by atoms with Crippen LogP contribution >= 0.6 is 0 Å². The van der Waals surface area contributed by atoms with Gasteiger partial charge in [-0.05, 0) is 67.9 Å². The van der Waals surface area contributed by atoms with Crippen LogP contribution in [0.5, 0.6) is 0 Å². The fourth-order valence-corrected chi connectivity index (χ4v) is 6.58. The van der Waals surface area contributed by atoms with Crippen LogP contribution in [0.1, 0.15) is 63.2 Å². The van der Waals surface area contributed by atoms with Crippen LogP contribution in [0, 0.1) is 28.6 Å². The van der Waals surface area contributed by atoms with Gasteiger partial charge in [-0.25, -0.2) is 0 Å². The first-order chi connectivity index (χ1) is 11.8. The van der Waals surface area contributed by atoms with E-state index in [-0.39, 0.29) is 23.7 Å². The van der Waals surface area contributed by atoms with Crippen molar-refractivity contribution in [1.82, 2.24) is 0 Å². The Kier molecular flexibility index (Phi) is 3.57. The summed E-state index contributed by atoms with van der Waals surface area (Å²) in [5, 5.41) is 20.2. The first-order valence-corrected chi connectivity index (χ1v) is 9.35. The summed E-state index contributed by atoms with van der Waals surface area (Å²) in [6.07, 6.45) is 5.73. The molecule has 25 heavy (non-hydrogen) atoms. The molecule has 5 nitrogen and oxygen atoms in total. The first-order valence-electron chi connectivity index (χ1n) is 9.35. The Morgan fingerprint density at radius 1 is 1.20 bits per heavy atom. The summed E-state index contributed by atoms with van der Waals surface area (Å²) in [7, 11) is 0. The van der Waals surface area contributed by atoms with Crippen molar-refractivity contribution < 1.29 is 24.2 Å². The van der Waals surface area contributed by atoms with E-state index in [4.69, 9.17) is 4.42 Å². The quantitative estimate of drug-likeness (QED) is 0.847. The number of hydrogen-bond donors (Lipinski definition) is 2. The summed E-state index contributed by atoms with van der Waals surface area (Å²) in [6.45, 7) is 3.93. The lowest BCUT2D eigenvalue weighted by atomic mass is 9.42. The predicted molar refractivity (Wildman–Crippen MR) is 90.2 cm³/mol. The van der Waals surface area contributed by atoms with Gasteiger partial charge in [-0.3, -0.25) is 9.59 Å². The van der Waals surface area contributed by atoms with Crippen molar-refractivity contribution in [2.75, 3.05) is 0 Å². The molecule has 6 atom stereocenters. The lowest BCUT2D eigenvalue weighted by molar-refractivity contribution is -0.191. The number of carboxylic acids is 2. The van der Waals surface area contributed by atoms with Crippen molar-refractivity contribution in [3.63, 3.8) is 0 Å². The van der Waals surface area contributed by atoms with Crippen molar-refractivity contribution in [3.8, 4) is 0 Å². The van der Waals surface area contributed by atoms with Crippen LogP contribution in [-0.4, -0.2) is 22.2 Å². The molecular weight excluding hydrogens is 320 g/mol. The van der Waals surface area contributed by atoms with Gasteiger partial charge in [-0.2, -0.15) is 0 Å². The third-order valence-electron chi connectivity index (χ3n) is 7.85. The topological polar surface area (TPSA) is 87.7 Å². The van der Waals surface area contributed by atoms with Crippen LogP contribution in [-0.2, 0) is 16.0 Å². The van der Waals surface area contributed by atoms with Crippen molar-refractivity contribution in [3.05, 3.63) is 23.7 Å². The molecule has 2 fully saturated rings. The second-order valence-electron chi connectivity index (χ2n) is 8.61. The zero-order valence-corrected chi connectivity index (χ0v) is 14.8. The molecule has 2 N–H and O–H groups in total. The van der Waals surface area contributed by atoms with E-state index in [2.05, 4.69) is 6.92 Å². The summed E-state index contributed by atoms with van der Waals surface area (Å²) < 4.78 is 5.67. The van der Waals surface area contributed by atoms with Crippen LogP contribution in [0.3, 0.4) is 0 Å². The van der Waals surface area contributed by atoms with Crippen LogP contribution < -0.4 is 0 Å². The van der Waals surface area contributed by atoms with E-state index < -0.39 is 22.8 Å². The van der Waals surface area contributed by atoms with Gasteiger partial charge in [0.15, 0.2) is 0 Å². The predicted octanol–water partition coefficient (Wildman–Crippen LogP) is 3.93. The van der Waals surface area contributed by atoms with Gasteiger partial charge in [-0.15, -0.1) is 0 Å². The second-order valence-corrected chi connectivity index (χ2v) is 8.61. The average molecular weight is 346 g/mol. The molecule has 0 radical (unpaired) electrons. The second kappa shape index (κ2) is 5.36. The highest BCUT2D eigenvalue weighted by Crippen LogP contribution is 2.65. The van der Waals surface area contributed by atoms with Gasteiger partial charge in [-0.1, -0.05) is 13.3 Å². The molecule has 3 aliphatic rings. The smallest absolute Gasteiger partial charge is 0.310 e. The number of fused-ring (bicyclic) bond motifs is 4. The normalized spacial score (nSPS) is 42.8. The van der Waals surface area contributed by atoms with E-state index in [1.165, 1.54) is 5.56 Å². The van der Waals surface area contributed by atoms with Gasteiger partial charge >= 0.3 is 11.9 Å². The number of furan rings is 1. The molecule has 4 rings (SSSR count). The van der Waals surface area contributed by atoms with Crippen molar-refractivity contribution in [2.24, 2.45) is 28.6 Å². The number of rotatable bonds is 2. The van der Waals surface area contributed by atoms with E-state index >= 15 is 0 Å². The van der Waals surface area contributed by atoms with E-state index in [0.717, 1.165) is 12.2 Å². The Hall–Kier alpha value is -1.78. The number of aliphatic carboxylic acids is 2. The molecule has 0 saturated heterocycles. The third kappa shape index (κ3) is 2.01. The first kappa shape index (κ1) is 16.7. The molecule has 5 heteroatoms. The number of carboxylic acid groups (broad SMARTS) is 2. The number of hydrogen-bond acceptors (Lipinski definition) is 3. The molecule has 6 unspecified atom stereocenters. The molecule has 1 heterocycles. The highest BCUT2D eigenvalue weighted by atomic mass is 16.4.